The summed E-state index contributed by atoms with van der Waals surface area (Å²) in [5, 5.41) is 0. The molecule has 1 heterocycles. The predicted molar refractivity (Wildman–Crippen MR) is 76.9 cm³/mol. The molecule has 94 valence electrons. The minimum Gasteiger partial charge on any atom is -0.370 e. The Morgan fingerprint density at radius 3 is 2.65 bits per heavy atom. The maximum Gasteiger partial charge on any atom is 0.190 e. The van der Waals surface area contributed by atoms with Crippen molar-refractivity contribution < 1.29 is 9.53 Å². The molecule has 0 aromatic carbocycles. The first-order valence-corrected chi connectivity index (χ1v) is 8.16. The molecule has 5 heteroatoms. The molecule has 0 aliphatic heterocycles. The molecule has 1 aliphatic carbocycles. The van der Waals surface area contributed by atoms with Gasteiger partial charge in [0, 0.05) is 5.56 Å². The summed E-state index contributed by atoms with van der Waals surface area (Å²) < 4.78 is 7.52. The van der Waals surface area contributed by atoms with Crippen LogP contribution in [0, 0.1) is 0 Å². The van der Waals surface area contributed by atoms with Crippen molar-refractivity contribution in [2.45, 2.75) is 38.2 Å². The Morgan fingerprint density at radius 2 is 2.06 bits per heavy atom. The molecule has 0 radical (unpaired) electrons. The Bertz CT molecular complexity index is 397. The van der Waals surface area contributed by atoms with Crippen LogP contribution in [0.25, 0.3) is 0 Å². The van der Waals surface area contributed by atoms with E-state index in [2.05, 4.69) is 31.9 Å². The normalized spacial score (nSPS) is 17.3. The van der Waals surface area contributed by atoms with E-state index in [1.54, 1.807) is 0 Å². The van der Waals surface area contributed by atoms with E-state index in [0.29, 0.717) is 0 Å². The second-order valence-corrected chi connectivity index (χ2v) is 7.98. The molecule has 0 bridgehead atoms. The lowest BCUT2D eigenvalue weighted by atomic mass is 9.98. The fourth-order valence-electron chi connectivity index (χ4n) is 2.03. The number of ether oxygens (including phenoxy) is 1. The first kappa shape index (κ1) is 13.7. The highest BCUT2D eigenvalue weighted by Crippen LogP contribution is 2.32. The molecule has 17 heavy (non-hydrogen) atoms. The van der Waals surface area contributed by atoms with Crippen LogP contribution >= 0.6 is 43.2 Å². The molecule has 1 saturated carbocycles. The first-order chi connectivity index (χ1) is 8.16. The monoisotopic (exact) mass is 380 g/mol. The number of halogens is 2. The zero-order valence-corrected chi connectivity index (χ0v) is 13.4. The summed E-state index contributed by atoms with van der Waals surface area (Å²) in [5.41, 5.74) is 0.720. The van der Waals surface area contributed by atoms with E-state index in [0.717, 1.165) is 26.0 Å². The van der Waals surface area contributed by atoms with Crippen molar-refractivity contribution in [3.8, 4) is 0 Å². The summed E-state index contributed by atoms with van der Waals surface area (Å²) in [5.74, 6) is 0.0596. The van der Waals surface area contributed by atoms with Gasteiger partial charge in [0.25, 0.3) is 0 Å². The van der Waals surface area contributed by atoms with Crippen LogP contribution in [0.1, 0.15) is 42.5 Å². The van der Waals surface area contributed by atoms with Crippen LogP contribution in [0.15, 0.2) is 13.6 Å². The van der Waals surface area contributed by atoms with Gasteiger partial charge in [0.2, 0.25) is 0 Å². The van der Waals surface area contributed by atoms with Crippen molar-refractivity contribution in [2.24, 2.45) is 0 Å². The van der Waals surface area contributed by atoms with Gasteiger partial charge in [0.15, 0.2) is 5.78 Å². The molecule has 2 nitrogen and oxygen atoms in total. The van der Waals surface area contributed by atoms with Gasteiger partial charge in [-0.2, -0.15) is 0 Å². The average molecular weight is 382 g/mol. The molecule has 0 unspecified atom stereocenters. The number of carbonyl (C=O) groups excluding carboxylic acids is 1. The minimum absolute atomic E-state index is 0.0596. The fraction of sp³-hybridized carbons (Fsp3) is 0.583. The summed E-state index contributed by atoms with van der Waals surface area (Å²) in [4.78, 5) is 12.0. The third-order valence-electron chi connectivity index (χ3n) is 2.96. The van der Waals surface area contributed by atoms with Gasteiger partial charge in [-0.1, -0.05) is 19.3 Å². The quantitative estimate of drug-likeness (QED) is 0.699. The molecule has 0 amide bonds. The molecule has 1 aromatic heterocycles. The van der Waals surface area contributed by atoms with Crippen LogP contribution in [0.2, 0.25) is 0 Å². The Kier molecular flexibility index (Phi) is 5.21. The molecule has 0 saturated heterocycles. The molecule has 2 rings (SSSR count). The summed E-state index contributed by atoms with van der Waals surface area (Å²) >= 11 is 8.29. The fourth-order valence-corrected chi connectivity index (χ4v) is 4.89. The van der Waals surface area contributed by atoms with Gasteiger partial charge in [0.05, 0.1) is 13.7 Å². The highest BCUT2D eigenvalue weighted by molar-refractivity contribution is 9.12. The van der Waals surface area contributed by atoms with E-state index < -0.39 is 0 Å². The van der Waals surface area contributed by atoms with Crippen LogP contribution in [0.3, 0.4) is 0 Å². The molecular weight excluding hydrogens is 368 g/mol. The second-order valence-electron chi connectivity index (χ2n) is 4.23. The highest BCUT2D eigenvalue weighted by atomic mass is 79.9. The number of hydrogen-bond acceptors (Lipinski definition) is 3. The lowest BCUT2D eigenvalue weighted by molar-refractivity contribution is 0.0284. The van der Waals surface area contributed by atoms with Gasteiger partial charge in [-0.15, -0.1) is 11.3 Å². The van der Waals surface area contributed by atoms with Gasteiger partial charge in [-0.05, 0) is 50.8 Å². The van der Waals surface area contributed by atoms with E-state index in [4.69, 9.17) is 4.74 Å². The largest absolute Gasteiger partial charge is 0.370 e. The average Bonchev–Trinajstić information content (AvgIpc) is 2.67. The molecule has 1 aliphatic rings. The van der Waals surface area contributed by atoms with Crippen LogP contribution in [-0.4, -0.2) is 18.5 Å². The minimum atomic E-state index is 0.0596. The molecular formula is C12H14Br2O2S. The van der Waals surface area contributed by atoms with Crippen molar-refractivity contribution >= 4 is 49.0 Å². The van der Waals surface area contributed by atoms with Crippen molar-refractivity contribution in [3.63, 3.8) is 0 Å². The summed E-state index contributed by atoms with van der Waals surface area (Å²) in [7, 11) is 0. The van der Waals surface area contributed by atoms with Gasteiger partial charge in [0.1, 0.15) is 6.61 Å². The number of hydrogen-bond donors (Lipinski definition) is 0. The van der Waals surface area contributed by atoms with E-state index in [9.17, 15) is 4.79 Å². The van der Waals surface area contributed by atoms with Crippen molar-refractivity contribution in [1.29, 1.82) is 0 Å². The zero-order chi connectivity index (χ0) is 12.3. The van der Waals surface area contributed by atoms with Crippen LogP contribution in [0.4, 0.5) is 0 Å². The Labute approximate surface area is 122 Å². The second kappa shape index (κ2) is 6.45. The molecule has 0 N–H and O–H groups in total. The number of thiophene rings is 1. The van der Waals surface area contributed by atoms with Crippen molar-refractivity contribution in [3.05, 3.63) is 19.2 Å². The molecule has 1 aromatic rings. The van der Waals surface area contributed by atoms with Crippen molar-refractivity contribution in [2.75, 3.05) is 6.61 Å². The SMILES string of the molecule is O=C(COC1CCCCC1)c1cc(Br)sc1Br. The summed E-state index contributed by atoms with van der Waals surface area (Å²) in [6, 6.07) is 1.85. The number of carbonyl (C=O) groups is 1. The summed E-state index contributed by atoms with van der Waals surface area (Å²) in [6.07, 6.45) is 6.24. The Hall–Kier alpha value is 0.290. The zero-order valence-electron chi connectivity index (χ0n) is 9.38. The number of Topliss-reactive ketones (excluding diaryl/α,β-unsaturated/α-hetero) is 1. The topological polar surface area (TPSA) is 26.3 Å². The smallest absolute Gasteiger partial charge is 0.190 e. The van der Waals surface area contributed by atoms with Crippen LogP contribution in [-0.2, 0) is 4.74 Å². The molecule has 1 fully saturated rings. The van der Waals surface area contributed by atoms with Crippen molar-refractivity contribution in [1.82, 2.24) is 0 Å². The van der Waals surface area contributed by atoms with Gasteiger partial charge in [-0.3, -0.25) is 4.79 Å². The molecule has 0 spiro atoms. The number of ketones is 1. The molecule has 0 atom stereocenters. The maximum absolute atomic E-state index is 12.0. The highest BCUT2D eigenvalue weighted by Gasteiger charge is 2.18. The predicted octanol–water partition coefficient (Wildman–Crippen LogP) is 4.81. The van der Waals surface area contributed by atoms with Gasteiger partial charge >= 0.3 is 0 Å². The van der Waals surface area contributed by atoms with E-state index >= 15 is 0 Å². The Morgan fingerprint density at radius 1 is 1.35 bits per heavy atom. The number of rotatable bonds is 4. The van der Waals surface area contributed by atoms with E-state index in [1.807, 2.05) is 6.07 Å². The first-order valence-electron chi connectivity index (χ1n) is 5.76. The third kappa shape index (κ3) is 3.88. The third-order valence-corrected chi connectivity index (χ3v) is 5.30. The lowest BCUT2D eigenvalue weighted by Gasteiger charge is -2.21. The summed E-state index contributed by atoms with van der Waals surface area (Å²) in [6.45, 7) is 0.201. The standard InChI is InChI=1S/C12H14Br2O2S/c13-11-6-9(12(14)17-11)10(15)7-16-8-4-2-1-3-5-8/h6,8H,1-5,7H2. The Balaban J connectivity index is 1.86. The van der Waals surface area contributed by atoms with Gasteiger partial charge in [-0.25, -0.2) is 0 Å². The maximum atomic E-state index is 12.0. The lowest BCUT2D eigenvalue weighted by Crippen LogP contribution is -2.20. The van der Waals surface area contributed by atoms with E-state index in [-0.39, 0.29) is 18.5 Å². The van der Waals surface area contributed by atoms with E-state index in [1.165, 1.54) is 30.6 Å². The van der Waals surface area contributed by atoms with Crippen LogP contribution in [0.5, 0.6) is 0 Å². The van der Waals surface area contributed by atoms with Crippen LogP contribution < -0.4 is 0 Å². The van der Waals surface area contributed by atoms with Gasteiger partial charge < -0.3 is 4.74 Å².